The number of piperidine rings is 1. The lowest BCUT2D eigenvalue weighted by molar-refractivity contribution is -0.146. The molecule has 0 radical (unpaired) electrons. The van der Waals surface area contributed by atoms with Gasteiger partial charge in [-0.1, -0.05) is 13.8 Å². The van der Waals surface area contributed by atoms with Crippen molar-refractivity contribution in [3.05, 3.63) is 0 Å². The molecule has 0 spiro atoms. The minimum atomic E-state index is -0.167. The van der Waals surface area contributed by atoms with Crippen molar-refractivity contribution in [3.63, 3.8) is 0 Å². The van der Waals surface area contributed by atoms with Gasteiger partial charge in [0.1, 0.15) is 0 Å². The molecule has 0 aromatic heterocycles. The van der Waals surface area contributed by atoms with Crippen LogP contribution < -0.4 is 5.32 Å². The Hall–Kier alpha value is -0.610. The second-order valence-corrected chi connectivity index (χ2v) is 5.96. The molecule has 1 N–H and O–H groups in total. The zero-order valence-electron chi connectivity index (χ0n) is 11.9. The first kappa shape index (κ1) is 13.8. The minimum Gasteiger partial charge on any atom is -0.381 e. The highest BCUT2D eigenvalue weighted by Crippen LogP contribution is 2.36. The molecule has 2 heterocycles. The Morgan fingerprint density at radius 1 is 1.39 bits per heavy atom. The maximum absolute atomic E-state index is 12.8. The van der Waals surface area contributed by atoms with Gasteiger partial charge >= 0.3 is 0 Å². The minimum absolute atomic E-state index is 0.167. The molecule has 2 aliphatic heterocycles. The maximum Gasteiger partial charge on any atom is 0.230 e. The lowest BCUT2D eigenvalue weighted by Crippen LogP contribution is -2.51. The molecule has 4 nitrogen and oxygen atoms in total. The summed E-state index contributed by atoms with van der Waals surface area (Å²) in [5.74, 6) is 0.761. The number of carbonyl (C=O) groups excluding carboxylic acids is 1. The second kappa shape index (κ2) is 5.57. The van der Waals surface area contributed by atoms with Crippen LogP contribution in [0.4, 0.5) is 0 Å². The van der Waals surface area contributed by atoms with Gasteiger partial charge in [0.25, 0.3) is 0 Å². The molecule has 0 bridgehead atoms. The highest BCUT2D eigenvalue weighted by molar-refractivity contribution is 5.83. The van der Waals surface area contributed by atoms with Crippen LogP contribution in [0.3, 0.4) is 0 Å². The predicted molar refractivity (Wildman–Crippen MR) is 71.4 cm³/mol. The zero-order chi connectivity index (χ0) is 13.2. The quantitative estimate of drug-likeness (QED) is 0.824. The summed E-state index contributed by atoms with van der Waals surface area (Å²) in [6.07, 6.45) is 3.27. The van der Waals surface area contributed by atoms with Gasteiger partial charge < -0.3 is 15.0 Å². The number of ether oxygens (including phenoxy) is 1. The molecule has 4 heteroatoms. The van der Waals surface area contributed by atoms with E-state index < -0.39 is 0 Å². The summed E-state index contributed by atoms with van der Waals surface area (Å²) in [7, 11) is 1.76. The molecule has 18 heavy (non-hydrogen) atoms. The Kier molecular flexibility index (Phi) is 4.28. The number of likely N-dealkylation sites (tertiary alicyclic amines) is 1. The molecule has 2 fully saturated rings. The van der Waals surface area contributed by atoms with Crippen LogP contribution in [0.5, 0.6) is 0 Å². The van der Waals surface area contributed by atoms with Crippen molar-refractivity contribution in [2.45, 2.75) is 39.2 Å². The number of nitrogens with one attached hydrogen (secondary N) is 1. The third kappa shape index (κ3) is 2.41. The van der Waals surface area contributed by atoms with Gasteiger partial charge in [0.2, 0.25) is 5.91 Å². The van der Waals surface area contributed by atoms with Crippen LogP contribution in [0.2, 0.25) is 0 Å². The highest BCUT2D eigenvalue weighted by Gasteiger charge is 2.46. The molecule has 1 unspecified atom stereocenters. The van der Waals surface area contributed by atoms with Crippen molar-refractivity contribution in [2.24, 2.45) is 11.3 Å². The van der Waals surface area contributed by atoms with E-state index in [-0.39, 0.29) is 5.41 Å². The molecule has 0 aliphatic carbocycles. The van der Waals surface area contributed by atoms with E-state index in [4.69, 9.17) is 4.74 Å². The summed E-state index contributed by atoms with van der Waals surface area (Å²) in [5.41, 5.74) is -0.167. The Morgan fingerprint density at radius 2 is 2.06 bits per heavy atom. The van der Waals surface area contributed by atoms with Gasteiger partial charge in [-0.2, -0.15) is 0 Å². The van der Waals surface area contributed by atoms with Crippen molar-refractivity contribution in [1.29, 1.82) is 0 Å². The number of rotatable bonds is 3. The van der Waals surface area contributed by atoms with E-state index in [1.54, 1.807) is 7.11 Å². The van der Waals surface area contributed by atoms with Gasteiger partial charge in [-0.15, -0.1) is 0 Å². The van der Waals surface area contributed by atoms with Gasteiger partial charge in [-0.3, -0.25) is 4.79 Å². The van der Waals surface area contributed by atoms with E-state index in [0.29, 0.717) is 17.9 Å². The van der Waals surface area contributed by atoms with Crippen molar-refractivity contribution in [3.8, 4) is 0 Å². The topological polar surface area (TPSA) is 41.6 Å². The molecular formula is C14H26N2O2. The van der Waals surface area contributed by atoms with E-state index in [2.05, 4.69) is 24.1 Å². The zero-order valence-corrected chi connectivity index (χ0v) is 11.9. The summed E-state index contributed by atoms with van der Waals surface area (Å²) in [5, 5.41) is 3.36. The van der Waals surface area contributed by atoms with Crippen LogP contribution in [0.25, 0.3) is 0 Å². The van der Waals surface area contributed by atoms with Gasteiger partial charge in [0.15, 0.2) is 0 Å². The Bertz CT molecular complexity index is 290. The molecule has 104 valence electrons. The number of carbonyl (C=O) groups is 1. The smallest absolute Gasteiger partial charge is 0.230 e. The molecule has 2 rings (SSSR count). The van der Waals surface area contributed by atoms with Crippen LogP contribution >= 0.6 is 0 Å². The molecule has 0 aromatic carbocycles. The molecule has 0 saturated carbocycles. The summed E-state index contributed by atoms with van der Waals surface area (Å²) in [6, 6.07) is 0. The third-order valence-corrected chi connectivity index (χ3v) is 4.78. The van der Waals surface area contributed by atoms with E-state index in [1.165, 1.54) is 0 Å². The summed E-state index contributed by atoms with van der Waals surface area (Å²) < 4.78 is 5.37. The molecule has 1 amide bonds. The van der Waals surface area contributed by atoms with Crippen LogP contribution in [-0.4, -0.2) is 50.2 Å². The molecule has 2 aliphatic rings. The highest BCUT2D eigenvalue weighted by atomic mass is 16.5. The second-order valence-electron chi connectivity index (χ2n) is 5.96. The number of amides is 1. The lowest BCUT2D eigenvalue weighted by atomic mass is 9.75. The first-order valence-electron chi connectivity index (χ1n) is 7.13. The van der Waals surface area contributed by atoms with Gasteiger partial charge in [-0.05, 0) is 31.7 Å². The van der Waals surface area contributed by atoms with Gasteiger partial charge in [0.05, 0.1) is 11.5 Å². The largest absolute Gasteiger partial charge is 0.381 e. The average molecular weight is 254 g/mol. The third-order valence-electron chi connectivity index (χ3n) is 4.78. The monoisotopic (exact) mass is 254 g/mol. The van der Waals surface area contributed by atoms with E-state index >= 15 is 0 Å². The summed E-state index contributed by atoms with van der Waals surface area (Å²) in [4.78, 5) is 14.9. The van der Waals surface area contributed by atoms with Crippen molar-refractivity contribution in [2.75, 3.05) is 33.3 Å². The fraction of sp³-hybridized carbons (Fsp3) is 0.929. The molecular weight excluding hydrogens is 228 g/mol. The average Bonchev–Trinajstić information content (AvgIpc) is 2.88. The summed E-state index contributed by atoms with van der Waals surface area (Å²) in [6.45, 7) is 7.86. The number of methoxy groups -OCH3 is 1. The Labute approximate surface area is 110 Å². The lowest BCUT2D eigenvalue weighted by Gasteiger charge is -2.39. The first-order valence-corrected chi connectivity index (χ1v) is 7.13. The SMILES string of the molecule is COC1CCN(C(=O)C2(C(C)C)CCNC2)CC1. The van der Waals surface area contributed by atoms with Crippen molar-refractivity contribution < 1.29 is 9.53 Å². The predicted octanol–water partition coefficient (Wildman–Crippen LogP) is 1.26. The number of nitrogens with zero attached hydrogens (tertiary/aromatic N) is 1. The first-order chi connectivity index (χ1) is 8.60. The molecule has 2 saturated heterocycles. The van der Waals surface area contributed by atoms with Crippen LogP contribution in [-0.2, 0) is 9.53 Å². The fourth-order valence-corrected chi connectivity index (χ4v) is 3.24. The van der Waals surface area contributed by atoms with Crippen molar-refractivity contribution in [1.82, 2.24) is 10.2 Å². The number of hydrogen-bond donors (Lipinski definition) is 1. The fourth-order valence-electron chi connectivity index (χ4n) is 3.24. The van der Waals surface area contributed by atoms with Crippen molar-refractivity contribution >= 4 is 5.91 Å². The Morgan fingerprint density at radius 3 is 2.50 bits per heavy atom. The van der Waals surface area contributed by atoms with Crippen LogP contribution in [0, 0.1) is 11.3 Å². The van der Waals surface area contributed by atoms with Gasteiger partial charge in [-0.25, -0.2) is 0 Å². The van der Waals surface area contributed by atoms with Gasteiger partial charge in [0, 0.05) is 26.7 Å². The maximum atomic E-state index is 12.8. The van der Waals surface area contributed by atoms with E-state index in [0.717, 1.165) is 45.4 Å². The standard InChI is InChI=1S/C14H26N2O2/c1-11(2)14(6-7-15-10-14)13(17)16-8-4-12(18-3)5-9-16/h11-12,15H,4-10H2,1-3H3. The summed E-state index contributed by atoms with van der Waals surface area (Å²) >= 11 is 0. The van der Waals surface area contributed by atoms with E-state index in [9.17, 15) is 4.79 Å². The Balaban J connectivity index is 2.02. The van der Waals surface area contributed by atoms with E-state index in [1.807, 2.05) is 0 Å². The van der Waals surface area contributed by atoms with Crippen LogP contribution in [0.1, 0.15) is 33.1 Å². The number of hydrogen-bond acceptors (Lipinski definition) is 3. The van der Waals surface area contributed by atoms with Crippen LogP contribution in [0.15, 0.2) is 0 Å². The molecule has 1 atom stereocenters. The normalized spacial score (nSPS) is 30.1. The molecule has 0 aromatic rings.